The van der Waals surface area contributed by atoms with Crippen LogP contribution in [0, 0.1) is 0 Å². The van der Waals surface area contributed by atoms with Gasteiger partial charge in [-0.1, -0.05) is 6.92 Å². The lowest BCUT2D eigenvalue weighted by Gasteiger charge is -2.29. The largest absolute Gasteiger partial charge is 0.382 e. The molecule has 0 radical (unpaired) electrons. The van der Waals surface area contributed by atoms with Gasteiger partial charge in [0.15, 0.2) is 0 Å². The summed E-state index contributed by atoms with van der Waals surface area (Å²) in [5.74, 6) is 0. The van der Waals surface area contributed by atoms with E-state index in [4.69, 9.17) is 14.2 Å². The molecule has 0 amide bonds. The van der Waals surface area contributed by atoms with Gasteiger partial charge in [0.2, 0.25) is 0 Å². The maximum absolute atomic E-state index is 5.88. The van der Waals surface area contributed by atoms with Crippen LogP contribution in [-0.4, -0.2) is 52.2 Å². The number of rotatable bonds is 10. The lowest BCUT2D eigenvalue weighted by Crippen LogP contribution is -2.35. The quantitative estimate of drug-likeness (QED) is 0.609. The van der Waals surface area contributed by atoms with Crippen molar-refractivity contribution in [3.63, 3.8) is 0 Å². The van der Waals surface area contributed by atoms with E-state index < -0.39 is 0 Å². The molecule has 1 aliphatic carbocycles. The average molecular weight is 259 g/mol. The van der Waals surface area contributed by atoms with E-state index in [1.807, 2.05) is 0 Å². The lowest BCUT2D eigenvalue weighted by molar-refractivity contribution is 0.00462. The highest BCUT2D eigenvalue weighted by molar-refractivity contribution is 4.76. The fraction of sp³-hybridized carbons (Fsp3) is 1.00. The first-order valence-corrected chi connectivity index (χ1v) is 7.28. The van der Waals surface area contributed by atoms with E-state index in [2.05, 4.69) is 12.2 Å². The van der Waals surface area contributed by atoms with Crippen molar-refractivity contribution >= 4 is 0 Å². The molecule has 0 atom stereocenters. The van der Waals surface area contributed by atoms with E-state index >= 15 is 0 Å². The van der Waals surface area contributed by atoms with Gasteiger partial charge < -0.3 is 19.5 Å². The summed E-state index contributed by atoms with van der Waals surface area (Å²) in [5.41, 5.74) is 0. The molecule has 4 heteroatoms. The molecule has 1 N–H and O–H groups in total. The molecule has 0 heterocycles. The summed E-state index contributed by atoms with van der Waals surface area (Å²) in [6.45, 7) is 6.21. The lowest BCUT2D eigenvalue weighted by atomic mass is 9.93. The van der Waals surface area contributed by atoms with E-state index in [0.717, 1.165) is 26.2 Å². The van der Waals surface area contributed by atoms with Crippen LogP contribution >= 0.6 is 0 Å². The van der Waals surface area contributed by atoms with Crippen LogP contribution < -0.4 is 5.32 Å². The normalized spacial score (nSPS) is 24.3. The zero-order valence-electron chi connectivity index (χ0n) is 12.0. The van der Waals surface area contributed by atoms with Crippen molar-refractivity contribution in [3.8, 4) is 0 Å². The predicted octanol–water partition coefficient (Wildman–Crippen LogP) is 1.98. The molecular weight excluding hydrogens is 230 g/mol. The summed E-state index contributed by atoms with van der Waals surface area (Å²) in [5, 5.41) is 3.51. The highest BCUT2D eigenvalue weighted by atomic mass is 16.5. The van der Waals surface area contributed by atoms with E-state index in [-0.39, 0.29) is 0 Å². The third-order valence-corrected chi connectivity index (χ3v) is 3.39. The molecule has 0 aromatic heterocycles. The molecule has 0 bridgehead atoms. The van der Waals surface area contributed by atoms with Crippen LogP contribution in [0.25, 0.3) is 0 Å². The Morgan fingerprint density at radius 2 is 1.78 bits per heavy atom. The number of hydrogen-bond acceptors (Lipinski definition) is 4. The summed E-state index contributed by atoms with van der Waals surface area (Å²) < 4.78 is 16.2. The van der Waals surface area contributed by atoms with Crippen molar-refractivity contribution in [1.82, 2.24) is 5.32 Å². The van der Waals surface area contributed by atoms with Crippen LogP contribution in [0.5, 0.6) is 0 Å². The number of methoxy groups -OCH3 is 1. The summed E-state index contributed by atoms with van der Waals surface area (Å²) in [4.78, 5) is 0. The Kier molecular flexibility index (Phi) is 9.48. The Balaban J connectivity index is 1.88. The molecule has 0 unspecified atom stereocenters. The molecule has 1 saturated carbocycles. The molecule has 0 aromatic carbocycles. The van der Waals surface area contributed by atoms with Crippen molar-refractivity contribution in [1.29, 1.82) is 0 Å². The van der Waals surface area contributed by atoms with Gasteiger partial charge in [-0.25, -0.2) is 0 Å². The van der Waals surface area contributed by atoms with Crippen molar-refractivity contribution < 1.29 is 14.2 Å². The standard InChI is InChI=1S/C14H29NO3/c1-3-15-13-5-7-14(8-6-13)18-10-4-9-17-12-11-16-2/h13-15H,3-12H2,1-2H3. The van der Waals surface area contributed by atoms with E-state index in [0.29, 0.717) is 25.4 Å². The minimum Gasteiger partial charge on any atom is -0.382 e. The molecule has 18 heavy (non-hydrogen) atoms. The molecule has 1 aliphatic rings. The summed E-state index contributed by atoms with van der Waals surface area (Å²) in [6.07, 6.45) is 6.35. The molecule has 0 saturated heterocycles. The van der Waals surface area contributed by atoms with Gasteiger partial charge >= 0.3 is 0 Å². The molecule has 4 nitrogen and oxygen atoms in total. The summed E-state index contributed by atoms with van der Waals surface area (Å²) in [7, 11) is 1.69. The third kappa shape index (κ3) is 7.31. The zero-order valence-corrected chi connectivity index (χ0v) is 12.0. The van der Waals surface area contributed by atoms with Crippen LogP contribution in [-0.2, 0) is 14.2 Å². The van der Waals surface area contributed by atoms with Gasteiger partial charge in [-0.3, -0.25) is 0 Å². The van der Waals surface area contributed by atoms with Gasteiger partial charge in [-0.2, -0.15) is 0 Å². The van der Waals surface area contributed by atoms with Crippen LogP contribution in [0.3, 0.4) is 0 Å². The molecule has 0 aromatic rings. The zero-order chi connectivity index (χ0) is 13.1. The van der Waals surface area contributed by atoms with Crippen LogP contribution in [0.1, 0.15) is 39.0 Å². The van der Waals surface area contributed by atoms with Crippen molar-refractivity contribution in [3.05, 3.63) is 0 Å². The second-order valence-electron chi connectivity index (χ2n) is 4.86. The smallest absolute Gasteiger partial charge is 0.0700 e. The van der Waals surface area contributed by atoms with Crippen molar-refractivity contribution in [2.75, 3.05) is 40.1 Å². The first-order chi connectivity index (χ1) is 8.86. The minimum atomic E-state index is 0.471. The highest BCUT2D eigenvalue weighted by Gasteiger charge is 2.20. The number of hydrogen-bond donors (Lipinski definition) is 1. The monoisotopic (exact) mass is 259 g/mol. The molecular formula is C14H29NO3. The molecule has 1 rings (SSSR count). The van der Waals surface area contributed by atoms with Crippen LogP contribution in [0.2, 0.25) is 0 Å². The maximum atomic E-state index is 5.88. The van der Waals surface area contributed by atoms with Gasteiger partial charge in [0.05, 0.1) is 19.3 Å². The second kappa shape index (κ2) is 10.7. The van der Waals surface area contributed by atoms with Crippen molar-refractivity contribution in [2.45, 2.75) is 51.2 Å². The summed E-state index contributed by atoms with van der Waals surface area (Å²) in [6, 6.07) is 0.715. The van der Waals surface area contributed by atoms with Gasteiger partial charge in [0.1, 0.15) is 0 Å². The first kappa shape index (κ1) is 15.9. The Bertz CT molecular complexity index is 182. The number of nitrogens with one attached hydrogen (secondary N) is 1. The van der Waals surface area contributed by atoms with Gasteiger partial charge in [-0.15, -0.1) is 0 Å². The van der Waals surface area contributed by atoms with E-state index in [9.17, 15) is 0 Å². The topological polar surface area (TPSA) is 39.7 Å². The fourth-order valence-corrected chi connectivity index (χ4v) is 2.38. The second-order valence-corrected chi connectivity index (χ2v) is 4.86. The number of ether oxygens (including phenoxy) is 3. The third-order valence-electron chi connectivity index (χ3n) is 3.39. The van der Waals surface area contributed by atoms with E-state index in [1.54, 1.807) is 7.11 Å². The molecule has 108 valence electrons. The molecule has 0 spiro atoms. The minimum absolute atomic E-state index is 0.471. The summed E-state index contributed by atoms with van der Waals surface area (Å²) >= 11 is 0. The Labute approximate surface area is 111 Å². The highest BCUT2D eigenvalue weighted by Crippen LogP contribution is 2.21. The van der Waals surface area contributed by atoms with E-state index in [1.165, 1.54) is 25.7 Å². The Morgan fingerprint density at radius 3 is 2.44 bits per heavy atom. The first-order valence-electron chi connectivity index (χ1n) is 7.28. The molecule has 0 aliphatic heterocycles. The fourth-order valence-electron chi connectivity index (χ4n) is 2.38. The van der Waals surface area contributed by atoms with Crippen LogP contribution in [0.4, 0.5) is 0 Å². The Hall–Kier alpha value is -0.160. The SMILES string of the molecule is CCNC1CCC(OCCCOCCOC)CC1. The van der Waals surface area contributed by atoms with Gasteiger partial charge in [-0.05, 0) is 38.6 Å². The average Bonchev–Trinajstić information content (AvgIpc) is 2.40. The molecule has 1 fully saturated rings. The Morgan fingerprint density at radius 1 is 1.00 bits per heavy atom. The maximum Gasteiger partial charge on any atom is 0.0700 e. The van der Waals surface area contributed by atoms with Crippen LogP contribution in [0.15, 0.2) is 0 Å². The predicted molar refractivity (Wildman–Crippen MR) is 73.0 cm³/mol. The van der Waals surface area contributed by atoms with Crippen molar-refractivity contribution in [2.24, 2.45) is 0 Å². The van der Waals surface area contributed by atoms with Gasteiger partial charge in [0.25, 0.3) is 0 Å². The van der Waals surface area contributed by atoms with Gasteiger partial charge in [0, 0.05) is 26.4 Å².